The Balaban J connectivity index is 1.60. The number of hydrogen-bond acceptors (Lipinski definition) is 5. The summed E-state index contributed by atoms with van der Waals surface area (Å²) in [7, 11) is 0. The van der Waals surface area contributed by atoms with Crippen molar-refractivity contribution in [3.8, 4) is 11.8 Å². The van der Waals surface area contributed by atoms with Crippen molar-refractivity contribution in [2.45, 2.75) is 116 Å². The maximum atomic E-state index is 14.1. The Morgan fingerprint density at radius 2 is 1.84 bits per heavy atom. The number of aliphatic hydroxyl groups is 1. The molecule has 0 bridgehead atoms. The minimum absolute atomic E-state index is 0.0120. The Labute approximate surface area is 231 Å². The van der Waals surface area contributed by atoms with Gasteiger partial charge in [0.05, 0.1) is 28.9 Å². The summed E-state index contributed by atoms with van der Waals surface area (Å²) in [6.45, 7) is 8.47. The van der Waals surface area contributed by atoms with Crippen LogP contribution in [0.5, 0.6) is 0 Å². The number of carbonyl (C=O) groups is 2. The van der Waals surface area contributed by atoms with Gasteiger partial charge in [0, 0.05) is 17.4 Å². The number of nitrogens with zero attached hydrogens (tertiary/aromatic N) is 1. The lowest BCUT2D eigenvalue weighted by atomic mass is 9.81. The van der Waals surface area contributed by atoms with Crippen LogP contribution in [0.15, 0.2) is 17.7 Å². The molecule has 1 atom stereocenters. The number of carboxylic acid groups (broad SMARTS) is 1. The summed E-state index contributed by atoms with van der Waals surface area (Å²) in [5, 5.41) is 21.4. The molecule has 4 rings (SSSR count). The highest BCUT2D eigenvalue weighted by atomic mass is 32.1. The van der Waals surface area contributed by atoms with Gasteiger partial charge in [-0.25, -0.2) is 4.79 Å². The molecule has 0 unspecified atom stereocenters. The first-order chi connectivity index (χ1) is 17.9. The van der Waals surface area contributed by atoms with E-state index in [-0.39, 0.29) is 34.3 Å². The van der Waals surface area contributed by atoms with Gasteiger partial charge in [-0.3, -0.25) is 4.79 Å². The molecule has 38 heavy (non-hydrogen) atoms. The van der Waals surface area contributed by atoms with Gasteiger partial charge in [-0.1, -0.05) is 36.3 Å². The third kappa shape index (κ3) is 7.28. The highest BCUT2D eigenvalue weighted by molar-refractivity contribution is 7.15. The fourth-order valence-electron chi connectivity index (χ4n) is 5.78. The zero-order valence-corrected chi connectivity index (χ0v) is 24.2. The minimum Gasteiger partial charge on any atom is -0.477 e. The number of carboxylic acids is 1. The average molecular weight is 542 g/mol. The molecule has 1 heterocycles. The monoisotopic (exact) mass is 541 g/mol. The first-order valence-corrected chi connectivity index (χ1v) is 15.0. The first-order valence-electron chi connectivity index (χ1n) is 14.2. The molecule has 0 saturated heterocycles. The predicted molar refractivity (Wildman–Crippen MR) is 152 cm³/mol. The van der Waals surface area contributed by atoms with Crippen LogP contribution in [0.4, 0.5) is 5.69 Å². The van der Waals surface area contributed by atoms with E-state index in [0.717, 1.165) is 37.0 Å². The van der Waals surface area contributed by atoms with Crippen molar-refractivity contribution >= 4 is 28.9 Å². The molecule has 2 saturated carbocycles. The van der Waals surface area contributed by atoms with E-state index in [2.05, 4.69) is 24.8 Å². The van der Waals surface area contributed by atoms with E-state index in [1.807, 2.05) is 20.8 Å². The van der Waals surface area contributed by atoms with Crippen LogP contribution in [0.1, 0.15) is 113 Å². The average Bonchev–Trinajstić information content (AvgIpc) is 3.53. The fourth-order valence-corrected chi connectivity index (χ4v) is 6.62. The van der Waals surface area contributed by atoms with Crippen molar-refractivity contribution in [2.75, 3.05) is 11.5 Å². The molecule has 1 aromatic heterocycles. The number of aromatic carboxylic acids is 1. The molecule has 3 aliphatic rings. The first kappa shape index (κ1) is 28.9. The van der Waals surface area contributed by atoms with Crippen LogP contribution in [-0.2, 0) is 9.53 Å². The SMILES string of the molecule is CC1=CC[C@@H](C(=O)N(c2cc(C#CC(C)(C)C)sc2C(=O)O)C2CCC(O)(COC3CCCC3)CC2)CC1. The fraction of sp³-hybridized carbons (Fsp3) is 0.677. The van der Waals surface area contributed by atoms with Gasteiger partial charge in [-0.05, 0) is 91.5 Å². The van der Waals surface area contributed by atoms with E-state index in [0.29, 0.717) is 49.3 Å². The number of amides is 1. The third-order valence-electron chi connectivity index (χ3n) is 8.09. The van der Waals surface area contributed by atoms with Crippen LogP contribution in [0.3, 0.4) is 0 Å². The van der Waals surface area contributed by atoms with Crippen LogP contribution in [0.25, 0.3) is 0 Å². The van der Waals surface area contributed by atoms with Gasteiger partial charge < -0.3 is 19.8 Å². The minimum atomic E-state index is -1.04. The Bertz CT molecular complexity index is 1100. The van der Waals surface area contributed by atoms with Crippen molar-refractivity contribution in [1.29, 1.82) is 0 Å². The number of allylic oxidation sites excluding steroid dienone is 2. The van der Waals surface area contributed by atoms with Crippen molar-refractivity contribution in [3.05, 3.63) is 27.5 Å². The van der Waals surface area contributed by atoms with E-state index in [1.165, 1.54) is 18.4 Å². The molecule has 0 radical (unpaired) electrons. The largest absolute Gasteiger partial charge is 0.477 e. The number of thiophene rings is 1. The van der Waals surface area contributed by atoms with Crippen molar-refractivity contribution in [3.63, 3.8) is 0 Å². The van der Waals surface area contributed by atoms with E-state index < -0.39 is 11.6 Å². The van der Waals surface area contributed by atoms with E-state index >= 15 is 0 Å². The summed E-state index contributed by atoms with van der Waals surface area (Å²) in [6, 6.07) is 1.62. The second-order valence-electron chi connectivity index (χ2n) is 12.5. The molecule has 0 spiro atoms. The summed E-state index contributed by atoms with van der Waals surface area (Å²) in [6.07, 6.45) is 11.5. The number of rotatable bonds is 7. The van der Waals surface area contributed by atoms with E-state index in [1.54, 1.807) is 11.0 Å². The quantitative estimate of drug-likeness (QED) is 0.302. The highest BCUT2D eigenvalue weighted by Crippen LogP contribution is 2.40. The van der Waals surface area contributed by atoms with Gasteiger partial charge in [0.2, 0.25) is 5.91 Å². The van der Waals surface area contributed by atoms with Gasteiger partial charge in [0.25, 0.3) is 0 Å². The lowest BCUT2D eigenvalue weighted by Crippen LogP contribution is -2.50. The Kier molecular flexibility index (Phi) is 9.07. The summed E-state index contributed by atoms with van der Waals surface area (Å²) in [4.78, 5) is 29.0. The van der Waals surface area contributed by atoms with Crippen LogP contribution in [-0.4, -0.2) is 46.4 Å². The van der Waals surface area contributed by atoms with Crippen LogP contribution >= 0.6 is 11.3 Å². The molecule has 1 aromatic rings. The summed E-state index contributed by atoms with van der Waals surface area (Å²) in [5.74, 6) is 5.11. The lowest BCUT2D eigenvalue weighted by molar-refractivity contribution is -0.124. The maximum Gasteiger partial charge on any atom is 0.348 e. The van der Waals surface area contributed by atoms with Gasteiger partial charge in [-0.2, -0.15) is 0 Å². The second-order valence-corrected chi connectivity index (χ2v) is 13.6. The number of hydrogen-bond donors (Lipinski definition) is 2. The second kappa shape index (κ2) is 11.9. The molecular weight excluding hydrogens is 498 g/mol. The lowest BCUT2D eigenvalue weighted by Gasteiger charge is -2.42. The van der Waals surface area contributed by atoms with Crippen molar-refractivity contribution in [2.24, 2.45) is 11.3 Å². The third-order valence-corrected chi connectivity index (χ3v) is 9.12. The summed E-state index contributed by atoms with van der Waals surface area (Å²) >= 11 is 1.14. The standard InChI is InChI=1S/C31H43NO5S/c1-21-9-11-22(12-10-21)28(33)32(26-19-25(15-16-30(2,3)4)38-27(26)29(34)35)23-13-17-31(36,18-14-23)20-37-24-7-5-6-8-24/h9,19,22-24,36H,5-8,10-14,17-18,20H2,1-4H3,(H,34,35)/t22-,23?,31?/m1/s1. The van der Waals surface area contributed by atoms with Crippen LogP contribution < -0.4 is 4.90 Å². The van der Waals surface area contributed by atoms with E-state index in [4.69, 9.17) is 4.74 Å². The van der Waals surface area contributed by atoms with Crippen molar-refractivity contribution < 1.29 is 24.5 Å². The Hall–Kier alpha value is -2.14. The summed E-state index contributed by atoms with van der Waals surface area (Å²) < 4.78 is 6.06. The van der Waals surface area contributed by atoms with E-state index in [9.17, 15) is 19.8 Å². The van der Waals surface area contributed by atoms with Gasteiger partial charge in [-0.15, -0.1) is 11.3 Å². The molecule has 208 valence electrons. The summed E-state index contributed by atoms with van der Waals surface area (Å²) in [5.41, 5.74) is 0.636. The topological polar surface area (TPSA) is 87.1 Å². The zero-order valence-electron chi connectivity index (χ0n) is 23.3. The normalized spacial score (nSPS) is 26.4. The van der Waals surface area contributed by atoms with Gasteiger partial charge >= 0.3 is 5.97 Å². The van der Waals surface area contributed by atoms with Crippen LogP contribution in [0.2, 0.25) is 0 Å². The highest BCUT2D eigenvalue weighted by Gasteiger charge is 2.41. The van der Waals surface area contributed by atoms with Crippen molar-refractivity contribution in [1.82, 2.24) is 0 Å². The molecule has 3 aliphatic carbocycles. The number of anilines is 1. The van der Waals surface area contributed by atoms with Gasteiger partial charge in [0.15, 0.2) is 0 Å². The Morgan fingerprint density at radius 1 is 1.16 bits per heavy atom. The molecule has 1 amide bonds. The van der Waals surface area contributed by atoms with Gasteiger partial charge in [0.1, 0.15) is 4.88 Å². The molecule has 0 aliphatic heterocycles. The number of carbonyl (C=O) groups excluding carboxylic acids is 1. The number of ether oxygens (including phenoxy) is 1. The maximum absolute atomic E-state index is 14.1. The smallest absolute Gasteiger partial charge is 0.348 e. The molecule has 2 fully saturated rings. The zero-order chi connectivity index (χ0) is 27.5. The molecule has 6 nitrogen and oxygen atoms in total. The Morgan fingerprint density at radius 3 is 2.42 bits per heavy atom. The van der Waals surface area contributed by atoms with Crippen LogP contribution in [0, 0.1) is 23.2 Å². The molecule has 0 aromatic carbocycles. The molecular formula is C31H43NO5S. The predicted octanol–water partition coefficient (Wildman–Crippen LogP) is 6.56. The molecule has 7 heteroatoms. The molecule has 2 N–H and O–H groups in total.